The molecule has 3 heterocycles. The molecule has 1 amide bonds. The molecule has 1 aliphatic carbocycles. The highest BCUT2D eigenvalue weighted by atomic mass is 16.1. The van der Waals surface area contributed by atoms with Gasteiger partial charge >= 0.3 is 0 Å². The topological polar surface area (TPSA) is 77.6 Å². The van der Waals surface area contributed by atoms with E-state index in [0.29, 0.717) is 24.6 Å². The van der Waals surface area contributed by atoms with Crippen molar-refractivity contribution in [3.8, 4) is 0 Å². The summed E-state index contributed by atoms with van der Waals surface area (Å²) in [5, 5.41) is 12.7. The fourth-order valence-corrected chi connectivity index (χ4v) is 3.91. The lowest BCUT2D eigenvalue weighted by Gasteiger charge is -2.13. The van der Waals surface area contributed by atoms with Gasteiger partial charge in [-0.05, 0) is 49.9 Å². The quantitative estimate of drug-likeness (QED) is 0.495. The zero-order valence-electron chi connectivity index (χ0n) is 17.8. The number of fused-ring (bicyclic) bond motifs is 1. The SMILES string of the molecule is CC(C)n1ncc2c(C(=O)NCc3ccccc3Cn3cccn3)cc(C3CC3)nc21. The van der Waals surface area contributed by atoms with Gasteiger partial charge in [0, 0.05) is 36.6 Å². The Balaban J connectivity index is 1.41. The van der Waals surface area contributed by atoms with Gasteiger partial charge < -0.3 is 5.32 Å². The monoisotopic (exact) mass is 414 g/mol. The summed E-state index contributed by atoms with van der Waals surface area (Å²) in [5.74, 6) is 0.368. The molecule has 3 aromatic heterocycles. The van der Waals surface area contributed by atoms with Gasteiger partial charge in [0.05, 0.1) is 23.7 Å². The predicted octanol–water partition coefficient (Wildman–Crippen LogP) is 4.06. The third-order valence-electron chi connectivity index (χ3n) is 5.77. The molecule has 0 bridgehead atoms. The molecule has 1 aromatic carbocycles. The van der Waals surface area contributed by atoms with Crippen molar-refractivity contribution in [1.82, 2.24) is 29.9 Å². The van der Waals surface area contributed by atoms with Crippen molar-refractivity contribution < 1.29 is 4.79 Å². The van der Waals surface area contributed by atoms with Gasteiger partial charge in [0.15, 0.2) is 5.65 Å². The lowest BCUT2D eigenvalue weighted by molar-refractivity contribution is 0.0952. The van der Waals surface area contributed by atoms with E-state index in [9.17, 15) is 4.79 Å². The molecule has 0 radical (unpaired) electrons. The maximum atomic E-state index is 13.2. The molecular formula is C24H26N6O. The maximum Gasteiger partial charge on any atom is 0.252 e. The van der Waals surface area contributed by atoms with Gasteiger partial charge in [-0.3, -0.25) is 9.48 Å². The second-order valence-electron chi connectivity index (χ2n) is 8.44. The first-order valence-corrected chi connectivity index (χ1v) is 10.8. The van der Waals surface area contributed by atoms with Gasteiger partial charge in [-0.2, -0.15) is 10.2 Å². The van der Waals surface area contributed by atoms with E-state index in [1.54, 1.807) is 12.4 Å². The number of carbonyl (C=O) groups is 1. The summed E-state index contributed by atoms with van der Waals surface area (Å²) in [6.45, 7) is 5.28. The lowest BCUT2D eigenvalue weighted by Crippen LogP contribution is -2.24. The van der Waals surface area contributed by atoms with Crippen molar-refractivity contribution in [3.63, 3.8) is 0 Å². The Morgan fingerprint density at radius 2 is 1.97 bits per heavy atom. The number of hydrogen-bond acceptors (Lipinski definition) is 4. The summed E-state index contributed by atoms with van der Waals surface area (Å²) < 4.78 is 3.78. The number of nitrogens with zero attached hydrogens (tertiary/aromatic N) is 5. The van der Waals surface area contributed by atoms with Gasteiger partial charge in [0.2, 0.25) is 0 Å². The average Bonchev–Trinajstić information content (AvgIpc) is 3.32. The van der Waals surface area contributed by atoms with Gasteiger partial charge in [-0.15, -0.1) is 0 Å². The second-order valence-corrected chi connectivity index (χ2v) is 8.44. The van der Waals surface area contributed by atoms with Crippen LogP contribution in [0.4, 0.5) is 0 Å². The fraction of sp³-hybridized carbons (Fsp3) is 0.333. The van der Waals surface area contributed by atoms with Crippen LogP contribution in [0.1, 0.15) is 65.8 Å². The Hall–Kier alpha value is -3.48. The van der Waals surface area contributed by atoms with Crippen molar-refractivity contribution in [2.45, 2.75) is 51.7 Å². The van der Waals surface area contributed by atoms with Crippen molar-refractivity contribution in [1.29, 1.82) is 0 Å². The number of rotatable bonds is 7. The smallest absolute Gasteiger partial charge is 0.252 e. The first kappa shape index (κ1) is 19.5. The zero-order chi connectivity index (χ0) is 21.4. The van der Waals surface area contributed by atoms with Gasteiger partial charge in [-0.1, -0.05) is 24.3 Å². The van der Waals surface area contributed by atoms with E-state index in [1.165, 1.54) is 0 Å². The van der Waals surface area contributed by atoms with E-state index in [0.717, 1.165) is 40.7 Å². The number of carbonyl (C=O) groups excluding carboxylic acids is 1. The minimum atomic E-state index is -0.0912. The van der Waals surface area contributed by atoms with Crippen LogP contribution in [0.15, 0.2) is 55.0 Å². The van der Waals surface area contributed by atoms with Crippen LogP contribution in [0.25, 0.3) is 11.0 Å². The highest BCUT2D eigenvalue weighted by molar-refractivity contribution is 6.05. The predicted molar refractivity (Wildman–Crippen MR) is 119 cm³/mol. The van der Waals surface area contributed by atoms with E-state index in [2.05, 4.69) is 35.4 Å². The van der Waals surface area contributed by atoms with E-state index in [1.807, 2.05) is 45.9 Å². The molecule has 7 nitrogen and oxygen atoms in total. The fourth-order valence-electron chi connectivity index (χ4n) is 3.91. The van der Waals surface area contributed by atoms with Crippen molar-refractivity contribution >= 4 is 16.9 Å². The highest BCUT2D eigenvalue weighted by Gasteiger charge is 2.28. The molecule has 0 atom stereocenters. The molecule has 1 saturated carbocycles. The minimum absolute atomic E-state index is 0.0912. The first-order valence-electron chi connectivity index (χ1n) is 10.8. The van der Waals surface area contributed by atoms with E-state index >= 15 is 0 Å². The number of hydrogen-bond donors (Lipinski definition) is 1. The normalized spacial score (nSPS) is 13.8. The van der Waals surface area contributed by atoms with Crippen LogP contribution in [0.5, 0.6) is 0 Å². The molecule has 0 unspecified atom stereocenters. The molecule has 1 aliphatic rings. The van der Waals surface area contributed by atoms with Crippen molar-refractivity contribution in [2.24, 2.45) is 0 Å². The Morgan fingerprint density at radius 1 is 1.16 bits per heavy atom. The summed E-state index contributed by atoms with van der Waals surface area (Å²) in [6.07, 6.45) is 7.74. The zero-order valence-corrected chi connectivity index (χ0v) is 17.8. The maximum absolute atomic E-state index is 13.2. The molecule has 158 valence electrons. The second kappa shape index (κ2) is 7.98. The van der Waals surface area contributed by atoms with Crippen LogP contribution in [-0.4, -0.2) is 30.5 Å². The van der Waals surface area contributed by atoms with Crippen LogP contribution in [0.2, 0.25) is 0 Å². The van der Waals surface area contributed by atoms with Gasteiger partial charge in [0.25, 0.3) is 5.91 Å². The van der Waals surface area contributed by atoms with Crippen LogP contribution in [-0.2, 0) is 13.1 Å². The number of aromatic nitrogens is 5. The largest absolute Gasteiger partial charge is 0.348 e. The van der Waals surface area contributed by atoms with Gasteiger partial charge in [-0.25, -0.2) is 9.67 Å². The summed E-state index contributed by atoms with van der Waals surface area (Å²) in [7, 11) is 0. The lowest BCUT2D eigenvalue weighted by atomic mass is 10.1. The molecule has 1 N–H and O–H groups in total. The molecule has 0 aliphatic heterocycles. The number of amides is 1. The van der Waals surface area contributed by atoms with E-state index in [4.69, 9.17) is 4.98 Å². The highest BCUT2D eigenvalue weighted by Crippen LogP contribution is 2.40. The summed E-state index contributed by atoms with van der Waals surface area (Å²) in [5.41, 5.74) is 4.67. The molecular weight excluding hydrogens is 388 g/mol. The number of pyridine rings is 1. The number of benzene rings is 1. The summed E-state index contributed by atoms with van der Waals surface area (Å²) in [6, 6.07) is 12.2. The molecule has 31 heavy (non-hydrogen) atoms. The Bertz CT molecular complexity index is 1220. The summed E-state index contributed by atoms with van der Waals surface area (Å²) in [4.78, 5) is 18.1. The molecule has 0 spiro atoms. The van der Waals surface area contributed by atoms with Crippen LogP contribution in [0, 0.1) is 0 Å². The summed E-state index contributed by atoms with van der Waals surface area (Å²) >= 11 is 0. The Labute approximate surface area is 181 Å². The molecule has 4 aromatic rings. The molecule has 1 fully saturated rings. The Morgan fingerprint density at radius 3 is 2.68 bits per heavy atom. The van der Waals surface area contributed by atoms with E-state index < -0.39 is 0 Å². The van der Waals surface area contributed by atoms with Crippen LogP contribution >= 0.6 is 0 Å². The third-order valence-corrected chi connectivity index (χ3v) is 5.77. The van der Waals surface area contributed by atoms with E-state index in [-0.39, 0.29) is 11.9 Å². The molecule has 7 heteroatoms. The van der Waals surface area contributed by atoms with Crippen LogP contribution < -0.4 is 5.32 Å². The standard InChI is InChI=1S/C24H26N6O/c1-16(2)30-23-21(14-27-30)20(12-22(28-23)17-8-9-17)24(31)25-13-18-6-3-4-7-19(18)15-29-11-5-10-26-29/h3-7,10-12,14,16-17H,8-9,13,15H2,1-2H3,(H,25,31). The van der Waals surface area contributed by atoms with Crippen molar-refractivity contribution in [3.05, 3.63) is 77.4 Å². The van der Waals surface area contributed by atoms with Crippen molar-refractivity contribution in [2.75, 3.05) is 0 Å². The molecule has 5 rings (SSSR count). The van der Waals surface area contributed by atoms with Gasteiger partial charge in [0.1, 0.15) is 0 Å². The molecule has 0 saturated heterocycles. The van der Waals surface area contributed by atoms with Crippen LogP contribution in [0.3, 0.4) is 0 Å². The third kappa shape index (κ3) is 3.95. The Kier molecular flexibility index (Phi) is 5.02. The average molecular weight is 415 g/mol. The first-order chi connectivity index (χ1) is 15.1. The number of nitrogens with one attached hydrogen (secondary N) is 1. The minimum Gasteiger partial charge on any atom is -0.348 e.